The Morgan fingerprint density at radius 2 is 1.72 bits per heavy atom. The van der Waals surface area contributed by atoms with Crippen LogP contribution >= 0.6 is 0 Å². The minimum Gasteiger partial charge on any atom is -0.544 e. The van der Waals surface area contributed by atoms with E-state index >= 15 is 0 Å². The molecule has 1 N–H and O–H groups in total. The lowest BCUT2D eigenvalue weighted by Crippen LogP contribution is -2.52. The van der Waals surface area contributed by atoms with Crippen LogP contribution in [0.2, 0.25) is 18.1 Å². The Hall–Kier alpha value is -2.11. The zero-order chi connectivity index (χ0) is 21.2. The first-order valence-corrected chi connectivity index (χ1v) is 13.3. The average molecular weight is 412 g/mol. The minimum absolute atomic E-state index is 0.0113. The lowest BCUT2D eigenvalue weighted by atomic mass is 9.92. The minimum atomic E-state index is -1.87. The maximum absolute atomic E-state index is 12.2. The number of nitrogens with zero attached hydrogens (tertiary/aromatic N) is 1. The number of rotatable bonds is 7. The molecule has 0 saturated carbocycles. The highest BCUT2D eigenvalue weighted by atomic mass is 28.4. The van der Waals surface area contributed by atoms with Gasteiger partial charge in [0.15, 0.2) is 0 Å². The predicted molar refractivity (Wildman–Crippen MR) is 119 cm³/mol. The van der Waals surface area contributed by atoms with Crippen LogP contribution in [-0.4, -0.2) is 30.5 Å². The van der Waals surface area contributed by atoms with E-state index in [0.29, 0.717) is 12.8 Å². The number of likely N-dealkylation sites (tertiary alicyclic amines) is 1. The molecule has 0 radical (unpaired) electrons. The first-order chi connectivity index (χ1) is 13.6. The number of β-lactam (4-membered cyclic amide) rings is 1. The first kappa shape index (κ1) is 21.6. The van der Waals surface area contributed by atoms with E-state index in [9.17, 15) is 9.90 Å². The van der Waals surface area contributed by atoms with Crippen molar-refractivity contribution in [1.82, 2.24) is 4.90 Å². The van der Waals surface area contributed by atoms with Gasteiger partial charge in [-0.2, -0.15) is 0 Å². The number of carbonyl (C=O) groups excluding carboxylic acids is 1. The number of hydrogen-bond donors (Lipinski definition) is 1. The van der Waals surface area contributed by atoms with E-state index < -0.39 is 14.5 Å². The van der Waals surface area contributed by atoms with Crippen LogP contribution in [0.3, 0.4) is 0 Å². The summed E-state index contributed by atoms with van der Waals surface area (Å²) in [6.07, 6.45) is 0.978. The van der Waals surface area contributed by atoms with E-state index in [1.54, 1.807) is 4.90 Å². The molecule has 0 bridgehead atoms. The Balaban J connectivity index is 1.63. The highest BCUT2D eigenvalue weighted by molar-refractivity contribution is 6.74. The first-order valence-electron chi connectivity index (χ1n) is 10.4. The molecule has 0 aromatic heterocycles. The molecule has 0 spiro atoms. The van der Waals surface area contributed by atoms with Gasteiger partial charge in [0.05, 0.1) is 12.5 Å². The van der Waals surface area contributed by atoms with Gasteiger partial charge in [0.25, 0.3) is 0 Å². The van der Waals surface area contributed by atoms with Crippen LogP contribution < -0.4 is 4.43 Å². The van der Waals surface area contributed by atoms with Crippen LogP contribution in [0.4, 0.5) is 0 Å². The van der Waals surface area contributed by atoms with Crippen LogP contribution in [0, 0.1) is 0 Å². The number of amides is 1. The van der Waals surface area contributed by atoms with Crippen molar-refractivity contribution < 1.29 is 14.3 Å². The van der Waals surface area contributed by atoms with Gasteiger partial charge in [0.1, 0.15) is 12.0 Å². The van der Waals surface area contributed by atoms with Gasteiger partial charge in [-0.25, -0.2) is 0 Å². The Kier molecular flexibility index (Phi) is 6.20. The molecular formula is C24H33NO3Si. The maximum atomic E-state index is 12.2. The number of aryl methyl sites for hydroxylation is 1. The summed E-state index contributed by atoms with van der Waals surface area (Å²) < 4.78 is 6.34. The largest absolute Gasteiger partial charge is 0.544 e. The molecule has 5 heteroatoms. The Bertz CT molecular complexity index is 827. The summed E-state index contributed by atoms with van der Waals surface area (Å²) in [7, 11) is -1.87. The molecule has 4 nitrogen and oxygen atoms in total. The normalized spacial score (nSPS) is 18.3. The van der Waals surface area contributed by atoms with E-state index in [0.717, 1.165) is 17.7 Å². The van der Waals surface area contributed by atoms with Gasteiger partial charge in [-0.05, 0) is 54.2 Å². The fraction of sp³-hybridized carbons (Fsp3) is 0.458. The molecule has 0 aliphatic carbocycles. The van der Waals surface area contributed by atoms with Gasteiger partial charge in [-0.1, -0.05) is 63.2 Å². The standard InChI is InChI=1S/C24H33NO3Si/c1-24(2,3)29(4,5)28-20-14-12-19(13-15-20)21-17-23(27)25(21)22(26)16-11-18-9-7-6-8-10-18/h6-10,12-15,21-22,26H,11,16-17H2,1-5H3. The zero-order valence-corrected chi connectivity index (χ0v) is 19.2. The number of aliphatic hydroxyl groups excluding tert-OH is 1. The zero-order valence-electron chi connectivity index (χ0n) is 18.2. The second-order valence-electron chi connectivity index (χ2n) is 9.46. The lowest BCUT2D eigenvalue weighted by molar-refractivity contribution is -0.164. The summed E-state index contributed by atoms with van der Waals surface area (Å²) in [5.41, 5.74) is 2.22. The van der Waals surface area contributed by atoms with Gasteiger partial charge in [0, 0.05) is 0 Å². The van der Waals surface area contributed by atoms with Crippen molar-refractivity contribution >= 4 is 14.2 Å². The molecule has 3 rings (SSSR count). The quantitative estimate of drug-likeness (QED) is 0.497. The second kappa shape index (κ2) is 8.32. The smallest absolute Gasteiger partial charge is 0.250 e. The number of hydrogen-bond acceptors (Lipinski definition) is 3. The van der Waals surface area contributed by atoms with Crippen LogP contribution in [0.15, 0.2) is 54.6 Å². The molecule has 2 atom stereocenters. The van der Waals surface area contributed by atoms with Gasteiger partial charge >= 0.3 is 0 Å². The summed E-state index contributed by atoms with van der Waals surface area (Å²) in [4.78, 5) is 13.8. The van der Waals surface area contributed by atoms with Crippen LogP contribution in [0.25, 0.3) is 0 Å². The molecular weight excluding hydrogens is 378 g/mol. The molecule has 156 valence electrons. The summed E-state index contributed by atoms with van der Waals surface area (Å²) in [6, 6.07) is 18.0. The van der Waals surface area contributed by atoms with E-state index in [-0.39, 0.29) is 17.0 Å². The highest BCUT2D eigenvalue weighted by Gasteiger charge is 2.41. The maximum Gasteiger partial charge on any atom is 0.250 e. The molecule has 2 aromatic rings. The molecule has 1 fully saturated rings. The van der Waals surface area contributed by atoms with Crippen molar-refractivity contribution in [3.05, 3.63) is 65.7 Å². The molecule has 1 saturated heterocycles. The third-order valence-corrected chi connectivity index (χ3v) is 10.6. The molecule has 29 heavy (non-hydrogen) atoms. The third-order valence-electron chi connectivity index (χ3n) is 6.29. The number of carbonyl (C=O) groups is 1. The van der Waals surface area contributed by atoms with Gasteiger partial charge < -0.3 is 14.4 Å². The number of benzene rings is 2. The highest BCUT2D eigenvalue weighted by Crippen LogP contribution is 2.39. The fourth-order valence-corrected chi connectivity index (χ4v) is 4.40. The monoisotopic (exact) mass is 411 g/mol. The summed E-state index contributed by atoms with van der Waals surface area (Å²) in [6.45, 7) is 11.1. The van der Waals surface area contributed by atoms with E-state index in [1.807, 2.05) is 54.6 Å². The molecule has 1 heterocycles. The van der Waals surface area contributed by atoms with Gasteiger partial charge in [-0.15, -0.1) is 0 Å². The van der Waals surface area contributed by atoms with E-state index in [4.69, 9.17) is 4.43 Å². The van der Waals surface area contributed by atoms with Crippen molar-refractivity contribution in [1.29, 1.82) is 0 Å². The SMILES string of the molecule is CC(C)(C)[Si](C)(C)Oc1ccc(C2CC(=O)N2C(O)CCc2ccccc2)cc1. The van der Waals surface area contributed by atoms with Gasteiger partial charge in [-0.3, -0.25) is 4.79 Å². The second-order valence-corrected chi connectivity index (χ2v) is 14.2. The van der Waals surface area contributed by atoms with E-state index in [1.165, 1.54) is 5.56 Å². The Morgan fingerprint density at radius 1 is 1.10 bits per heavy atom. The van der Waals surface area contributed by atoms with Crippen molar-refractivity contribution in [2.24, 2.45) is 0 Å². The summed E-state index contributed by atoms with van der Waals surface area (Å²) in [5, 5.41) is 10.8. The van der Waals surface area contributed by atoms with Crippen LogP contribution in [-0.2, 0) is 11.2 Å². The fourth-order valence-electron chi connectivity index (χ4n) is 3.37. The van der Waals surface area contributed by atoms with E-state index in [2.05, 4.69) is 33.9 Å². The Labute approximate surface area is 175 Å². The van der Waals surface area contributed by atoms with Crippen LogP contribution in [0.5, 0.6) is 5.75 Å². The van der Waals surface area contributed by atoms with Crippen molar-refractivity contribution in [2.45, 2.75) is 70.4 Å². The number of aliphatic hydroxyl groups is 1. The average Bonchev–Trinajstić information content (AvgIpc) is 2.65. The van der Waals surface area contributed by atoms with Crippen molar-refractivity contribution in [3.63, 3.8) is 0 Å². The molecule has 2 aromatic carbocycles. The molecule has 1 amide bonds. The van der Waals surface area contributed by atoms with Crippen molar-refractivity contribution in [3.8, 4) is 5.75 Å². The molecule has 1 aliphatic heterocycles. The van der Waals surface area contributed by atoms with Crippen LogP contribution in [0.1, 0.15) is 50.8 Å². The summed E-state index contributed by atoms with van der Waals surface area (Å²) in [5.74, 6) is 0.888. The lowest BCUT2D eigenvalue weighted by Gasteiger charge is -2.44. The summed E-state index contributed by atoms with van der Waals surface area (Å²) >= 11 is 0. The predicted octanol–water partition coefficient (Wildman–Crippen LogP) is 5.30. The Morgan fingerprint density at radius 3 is 2.28 bits per heavy atom. The molecule has 1 aliphatic rings. The molecule has 2 unspecified atom stereocenters. The topological polar surface area (TPSA) is 49.8 Å². The van der Waals surface area contributed by atoms with Crippen molar-refractivity contribution in [2.75, 3.05) is 0 Å². The third kappa shape index (κ3) is 4.90. The van der Waals surface area contributed by atoms with Gasteiger partial charge in [0.2, 0.25) is 14.2 Å².